The molecule has 150 valence electrons. The van der Waals surface area contributed by atoms with Crippen LogP contribution in [0.15, 0.2) is 41.8 Å². The van der Waals surface area contributed by atoms with Crippen molar-refractivity contribution in [3.63, 3.8) is 0 Å². The maximum absolute atomic E-state index is 12.7. The van der Waals surface area contributed by atoms with E-state index in [2.05, 4.69) is 25.2 Å². The Balaban J connectivity index is 1.50. The molecule has 3 rings (SSSR count). The van der Waals surface area contributed by atoms with E-state index in [0.717, 1.165) is 12.8 Å². The minimum Gasteiger partial charge on any atom is -0.348 e. The van der Waals surface area contributed by atoms with Gasteiger partial charge in [0.1, 0.15) is 0 Å². The topological polar surface area (TPSA) is 49.4 Å². The van der Waals surface area contributed by atoms with E-state index in [1.165, 1.54) is 4.88 Å². The molecule has 1 aromatic carbocycles. The predicted octanol–water partition coefficient (Wildman–Crippen LogP) is 5.16. The van der Waals surface area contributed by atoms with E-state index >= 15 is 0 Å². The van der Waals surface area contributed by atoms with Crippen LogP contribution in [0.3, 0.4) is 0 Å². The number of piperidine rings is 1. The fourth-order valence-corrected chi connectivity index (χ4v) is 4.84. The van der Waals surface area contributed by atoms with Crippen molar-refractivity contribution in [2.45, 2.75) is 39.2 Å². The summed E-state index contributed by atoms with van der Waals surface area (Å²) < 4.78 is 0. The van der Waals surface area contributed by atoms with Gasteiger partial charge in [-0.2, -0.15) is 0 Å². The molecule has 0 radical (unpaired) electrons. The van der Waals surface area contributed by atoms with Gasteiger partial charge in [0.15, 0.2) is 0 Å². The Hall–Kier alpha value is -1.85. The van der Waals surface area contributed by atoms with Crippen molar-refractivity contribution in [2.24, 2.45) is 11.8 Å². The number of benzene rings is 1. The molecule has 2 amide bonds. The Morgan fingerprint density at radius 2 is 1.89 bits per heavy atom. The SMILES string of the molecule is CC(C)C(NC(=O)CC1CCN(C(=O)c2ccccc2Cl)CC1)c1cccs1. The van der Waals surface area contributed by atoms with Crippen molar-refractivity contribution in [2.75, 3.05) is 13.1 Å². The molecule has 0 spiro atoms. The van der Waals surface area contributed by atoms with Crippen LogP contribution in [0.1, 0.15) is 54.4 Å². The van der Waals surface area contributed by atoms with Gasteiger partial charge in [-0.1, -0.05) is 43.6 Å². The van der Waals surface area contributed by atoms with Crippen molar-refractivity contribution in [1.82, 2.24) is 10.2 Å². The first-order valence-corrected chi connectivity index (χ1v) is 11.1. The van der Waals surface area contributed by atoms with Gasteiger partial charge in [-0.15, -0.1) is 11.3 Å². The maximum Gasteiger partial charge on any atom is 0.255 e. The first-order valence-electron chi connectivity index (χ1n) is 9.82. The second-order valence-electron chi connectivity index (χ2n) is 7.72. The van der Waals surface area contributed by atoms with E-state index in [1.807, 2.05) is 28.5 Å². The molecule has 1 saturated heterocycles. The Morgan fingerprint density at radius 3 is 2.50 bits per heavy atom. The van der Waals surface area contributed by atoms with E-state index in [0.29, 0.717) is 41.9 Å². The average Bonchev–Trinajstić information content (AvgIpc) is 3.21. The third-order valence-corrected chi connectivity index (χ3v) is 6.60. The maximum atomic E-state index is 12.7. The third-order valence-electron chi connectivity index (χ3n) is 5.31. The molecule has 1 aromatic heterocycles. The summed E-state index contributed by atoms with van der Waals surface area (Å²) in [5.74, 6) is 0.734. The lowest BCUT2D eigenvalue weighted by Gasteiger charge is -2.32. The van der Waals surface area contributed by atoms with Crippen molar-refractivity contribution in [3.05, 3.63) is 57.2 Å². The largest absolute Gasteiger partial charge is 0.348 e. The molecule has 1 N–H and O–H groups in total. The molecule has 0 aliphatic carbocycles. The molecule has 2 aromatic rings. The number of rotatable bonds is 6. The van der Waals surface area contributed by atoms with Crippen LogP contribution in [0.2, 0.25) is 5.02 Å². The highest BCUT2D eigenvalue weighted by atomic mass is 35.5. The van der Waals surface area contributed by atoms with Gasteiger partial charge in [0.25, 0.3) is 5.91 Å². The van der Waals surface area contributed by atoms with Gasteiger partial charge in [0.05, 0.1) is 16.6 Å². The Morgan fingerprint density at radius 1 is 1.18 bits per heavy atom. The molecular formula is C22H27ClN2O2S. The van der Waals surface area contributed by atoms with E-state index < -0.39 is 0 Å². The van der Waals surface area contributed by atoms with Crippen molar-refractivity contribution in [3.8, 4) is 0 Å². The lowest BCUT2D eigenvalue weighted by atomic mass is 9.92. The number of carbonyl (C=O) groups is 2. The molecule has 1 unspecified atom stereocenters. The zero-order valence-corrected chi connectivity index (χ0v) is 17.9. The first kappa shape index (κ1) is 20.9. The van der Waals surface area contributed by atoms with Gasteiger partial charge in [0, 0.05) is 24.4 Å². The number of hydrogen-bond donors (Lipinski definition) is 1. The van der Waals surface area contributed by atoms with Crippen LogP contribution in [0.5, 0.6) is 0 Å². The Labute approximate surface area is 175 Å². The summed E-state index contributed by atoms with van der Waals surface area (Å²) in [5.41, 5.74) is 0.552. The summed E-state index contributed by atoms with van der Waals surface area (Å²) in [6.45, 7) is 5.59. The van der Waals surface area contributed by atoms with Crippen LogP contribution in [0.4, 0.5) is 0 Å². The minimum atomic E-state index is -0.0222. The molecule has 1 aliphatic heterocycles. The number of thiophene rings is 1. The summed E-state index contributed by atoms with van der Waals surface area (Å²) in [6, 6.07) is 11.3. The zero-order chi connectivity index (χ0) is 20.1. The number of carbonyl (C=O) groups excluding carboxylic acids is 2. The van der Waals surface area contributed by atoms with E-state index in [-0.39, 0.29) is 17.9 Å². The second kappa shape index (κ2) is 9.57. The molecule has 0 bridgehead atoms. The van der Waals surface area contributed by atoms with E-state index in [9.17, 15) is 9.59 Å². The van der Waals surface area contributed by atoms with Crippen LogP contribution in [0, 0.1) is 11.8 Å². The van der Waals surface area contributed by atoms with Gasteiger partial charge >= 0.3 is 0 Å². The molecule has 6 heteroatoms. The minimum absolute atomic E-state index is 0.0222. The summed E-state index contributed by atoms with van der Waals surface area (Å²) >= 11 is 7.83. The highest BCUT2D eigenvalue weighted by Crippen LogP contribution is 2.28. The number of hydrogen-bond acceptors (Lipinski definition) is 3. The van der Waals surface area contributed by atoms with Gasteiger partial charge < -0.3 is 10.2 Å². The monoisotopic (exact) mass is 418 g/mol. The Kier molecular flexibility index (Phi) is 7.13. The summed E-state index contributed by atoms with van der Waals surface area (Å²) in [7, 11) is 0. The number of likely N-dealkylation sites (tertiary alicyclic amines) is 1. The quantitative estimate of drug-likeness (QED) is 0.704. The molecule has 1 aliphatic rings. The molecule has 4 nitrogen and oxygen atoms in total. The average molecular weight is 419 g/mol. The van der Waals surface area contributed by atoms with Crippen LogP contribution in [-0.2, 0) is 4.79 Å². The van der Waals surface area contributed by atoms with Gasteiger partial charge in [-0.05, 0) is 48.3 Å². The second-order valence-corrected chi connectivity index (χ2v) is 9.11. The van der Waals surface area contributed by atoms with Crippen molar-refractivity contribution in [1.29, 1.82) is 0 Å². The molecule has 28 heavy (non-hydrogen) atoms. The lowest BCUT2D eigenvalue weighted by molar-refractivity contribution is -0.123. The lowest BCUT2D eigenvalue weighted by Crippen LogP contribution is -2.40. The van der Waals surface area contributed by atoms with E-state index in [4.69, 9.17) is 11.6 Å². The predicted molar refractivity (Wildman–Crippen MR) is 115 cm³/mol. The highest BCUT2D eigenvalue weighted by molar-refractivity contribution is 7.10. The number of nitrogens with one attached hydrogen (secondary N) is 1. The number of halogens is 1. The van der Waals surface area contributed by atoms with Crippen molar-refractivity contribution >= 4 is 34.8 Å². The fourth-order valence-electron chi connectivity index (χ4n) is 3.67. The van der Waals surface area contributed by atoms with Crippen LogP contribution in [0.25, 0.3) is 0 Å². The molecular weight excluding hydrogens is 392 g/mol. The van der Waals surface area contributed by atoms with Crippen LogP contribution in [-0.4, -0.2) is 29.8 Å². The number of amides is 2. The number of nitrogens with zero attached hydrogens (tertiary/aromatic N) is 1. The van der Waals surface area contributed by atoms with Crippen molar-refractivity contribution < 1.29 is 9.59 Å². The highest BCUT2D eigenvalue weighted by Gasteiger charge is 2.27. The van der Waals surface area contributed by atoms with Gasteiger partial charge in [-0.3, -0.25) is 9.59 Å². The molecule has 0 saturated carbocycles. The normalized spacial score (nSPS) is 16.2. The summed E-state index contributed by atoms with van der Waals surface area (Å²) in [5, 5.41) is 5.74. The molecule has 1 atom stereocenters. The van der Waals surface area contributed by atoms with Crippen LogP contribution < -0.4 is 5.32 Å². The first-order chi connectivity index (χ1) is 13.5. The zero-order valence-electron chi connectivity index (χ0n) is 16.4. The summed E-state index contributed by atoms with van der Waals surface area (Å²) in [4.78, 5) is 28.3. The van der Waals surface area contributed by atoms with E-state index in [1.54, 1.807) is 23.5 Å². The molecule has 2 heterocycles. The third kappa shape index (κ3) is 5.15. The standard InChI is InChI=1S/C22H27ClN2O2S/c1-15(2)21(19-8-5-13-28-19)24-20(26)14-16-9-11-25(12-10-16)22(27)17-6-3-4-7-18(17)23/h3-8,13,15-16,21H,9-12,14H2,1-2H3,(H,24,26). The fraction of sp³-hybridized carbons (Fsp3) is 0.455. The molecule has 1 fully saturated rings. The summed E-state index contributed by atoms with van der Waals surface area (Å²) in [6.07, 6.45) is 2.20. The smallest absolute Gasteiger partial charge is 0.255 e. The Bertz CT molecular complexity index is 799. The van der Waals surface area contributed by atoms with Gasteiger partial charge in [0.2, 0.25) is 5.91 Å². The van der Waals surface area contributed by atoms with Crippen LogP contribution >= 0.6 is 22.9 Å². The van der Waals surface area contributed by atoms with Gasteiger partial charge in [-0.25, -0.2) is 0 Å².